The fourth-order valence-corrected chi connectivity index (χ4v) is 3.75. The topological polar surface area (TPSA) is 66.6 Å². The number of carboxylic acids is 1. The highest BCUT2D eigenvalue weighted by molar-refractivity contribution is 5.86. The van der Waals surface area contributed by atoms with Gasteiger partial charge < -0.3 is 14.5 Å². The summed E-state index contributed by atoms with van der Waals surface area (Å²) in [5.74, 6) is 0.859. The van der Waals surface area contributed by atoms with Gasteiger partial charge in [0.05, 0.1) is 0 Å². The maximum Gasteiger partial charge on any atom is 0.358 e. The van der Waals surface area contributed by atoms with Gasteiger partial charge in [0.2, 0.25) is 0 Å². The van der Waals surface area contributed by atoms with Crippen LogP contribution in [0.25, 0.3) is 11.3 Å². The molecule has 3 aliphatic heterocycles. The molecule has 114 valence electrons. The fraction of sp³-hybridized carbons (Fsp3) is 0.412. The third kappa shape index (κ3) is 2.31. The van der Waals surface area contributed by atoms with E-state index >= 15 is 0 Å². The molecule has 1 unspecified atom stereocenters. The monoisotopic (exact) mass is 298 g/mol. The molecule has 0 radical (unpaired) electrons. The predicted octanol–water partition coefficient (Wildman–Crippen LogP) is 2.85. The first kappa shape index (κ1) is 13.5. The molecule has 5 nitrogen and oxygen atoms in total. The standard InChI is InChI=1S/C17H18N2O3/c20-17(21)15-9-16(22-18-15)13-3-1-11(2-4-13)14-10-19-7-5-12(14)6-8-19/h1-4,9,12,14H,5-8,10H2,(H,20,21). The lowest BCUT2D eigenvalue weighted by atomic mass is 9.75. The summed E-state index contributed by atoms with van der Waals surface area (Å²) in [6.45, 7) is 3.65. The number of hydrogen-bond acceptors (Lipinski definition) is 4. The van der Waals surface area contributed by atoms with Crippen molar-refractivity contribution in [2.24, 2.45) is 5.92 Å². The number of benzene rings is 1. The summed E-state index contributed by atoms with van der Waals surface area (Å²) in [7, 11) is 0. The first-order valence-electron chi connectivity index (χ1n) is 7.73. The van der Waals surface area contributed by atoms with Gasteiger partial charge in [0.15, 0.2) is 11.5 Å². The second kappa shape index (κ2) is 5.25. The Kier molecular flexibility index (Phi) is 3.22. The Bertz CT molecular complexity index is 684. The van der Waals surface area contributed by atoms with Crippen LogP contribution >= 0.6 is 0 Å². The molecule has 2 bridgehead atoms. The van der Waals surface area contributed by atoms with E-state index < -0.39 is 5.97 Å². The van der Waals surface area contributed by atoms with E-state index in [2.05, 4.69) is 22.2 Å². The van der Waals surface area contributed by atoms with Crippen LogP contribution in [0.4, 0.5) is 0 Å². The number of fused-ring (bicyclic) bond motifs is 3. The van der Waals surface area contributed by atoms with Crippen molar-refractivity contribution in [3.63, 3.8) is 0 Å². The summed E-state index contributed by atoms with van der Waals surface area (Å²) >= 11 is 0. The highest BCUT2D eigenvalue weighted by Crippen LogP contribution is 2.39. The highest BCUT2D eigenvalue weighted by atomic mass is 16.5. The predicted molar refractivity (Wildman–Crippen MR) is 80.8 cm³/mol. The zero-order valence-corrected chi connectivity index (χ0v) is 12.2. The highest BCUT2D eigenvalue weighted by Gasteiger charge is 2.34. The zero-order valence-electron chi connectivity index (χ0n) is 12.2. The SMILES string of the molecule is O=C(O)c1cc(-c2ccc(C3CN4CCC3CC4)cc2)on1. The second-order valence-corrected chi connectivity index (χ2v) is 6.25. The number of aromatic nitrogens is 1. The molecule has 22 heavy (non-hydrogen) atoms. The minimum Gasteiger partial charge on any atom is -0.476 e. The molecule has 3 aliphatic rings. The number of hydrogen-bond donors (Lipinski definition) is 1. The van der Waals surface area contributed by atoms with Gasteiger partial charge in [-0.2, -0.15) is 0 Å². The molecule has 2 aromatic rings. The van der Waals surface area contributed by atoms with Crippen molar-refractivity contribution in [3.05, 3.63) is 41.6 Å². The van der Waals surface area contributed by atoms with Gasteiger partial charge >= 0.3 is 5.97 Å². The average Bonchev–Trinajstić information content (AvgIpc) is 3.06. The number of piperidine rings is 3. The molecule has 3 saturated heterocycles. The van der Waals surface area contributed by atoms with Crippen LogP contribution < -0.4 is 0 Å². The van der Waals surface area contributed by atoms with Crippen molar-refractivity contribution in [2.45, 2.75) is 18.8 Å². The molecule has 1 aromatic heterocycles. The van der Waals surface area contributed by atoms with E-state index in [-0.39, 0.29) is 5.69 Å². The summed E-state index contributed by atoms with van der Waals surface area (Å²) < 4.78 is 5.11. The number of carboxylic acid groups (broad SMARTS) is 1. The van der Waals surface area contributed by atoms with Crippen LogP contribution in [0.5, 0.6) is 0 Å². The first-order valence-corrected chi connectivity index (χ1v) is 7.73. The van der Waals surface area contributed by atoms with Gasteiger partial charge in [0.25, 0.3) is 0 Å². The molecule has 4 heterocycles. The maximum atomic E-state index is 10.9. The lowest BCUT2D eigenvalue weighted by Gasteiger charge is -2.45. The number of carbonyl (C=O) groups is 1. The maximum absolute atomic E-state index is 10.9. The summed E-state index contributed by atoms with van der Waals surface area (Å²) in [5, 5.41) is 12.4. The van der Waals surface area contributed by atoms with Crippen LogP contribution in [0.15, 0.2) is 34.9 Å². The fourth-order valence-electron chi connectivity index (χ4n) is 3.75. The Hall–Kier alpha value is -2.14. The normalized spacial score (nSPS) is 27.0. The van der Waals surface area contributed by atoms with E-state index in [0.717, 1.165) is 18.0 Å². The molecule has 0 amide bonds. The molecule has 5 heteroatoms. The Morgan fingerprint density at radius 3 is 2.50 bits per heavy atom. The van der Waals surface area contributed by atoms with Gasteiger partial charge in [0.1, 0.15) is 0 Å². The van der Waals surface area contributed by atoms with Crippen LogP contribution in [0, 0.1) is 5.92 Å². The number of nitrogens with zero attached hydrogens (tertiary/aromatic N) is 2. The Morgan fingerprint density at radius 2 is 1.95 bits per heavy atom. The van der Waals surface area contributed by atoms with E-state index in [1.54, 1.807) is 0 Å². The molecule has 0 aliphatic carbocycles. The Balaban J connectivity index is 1.56. The van der Waals surface area contributed by atoms with E-state index in [1.807, 2.05) is 12.1 Å². The molecule has 0 spiro atoms. The van der Waals surface area contributed by atoms with Gasteiger partial charge in [-0.3, -0.25) is 0 Å². The molecular weight excluding hydrogens is 280 g/mol. The van der Waals surface area contributed by atoms with Crippen molar-refractivity contribution in [1.29, 1.82) is 0 Å². The van der Waals surface area contributed by atoms with E-state index in [4.69, 9.17) is 9.63 Å². The summed E-state index contributed by atoms with van der Waals surface area (Å²) in [4.78, 5) is 13.4. The lowest BCUT2D eigenvalue weighted by molar-refractivity contribution is 0.0686. The van der Waals surface area contributed by atoms with Crippen molar-refractivity contribution in [3.8, 4) is 11.3 Å². The van der Waals surface area contributed by atoms with Crippen molar-refractivity contribution < 1.29 is 14.4 Å². The van der Waals surface area contributed by atoms with Gasteiger partial charge in [-0.1, -0.05) is 29.4 Å². The Labute approximate surface area is 128 Å². The van der Waals surface area contributed by atoms with Crippen LogP contribution in [0.1, 0.15) is 34.8 Å². The van der Waals surface area contributed by atoms with E-state index in [0.29, 0.717) is 11.7 Å². The summed E-state index contributed by atoms with van der Waals surface area (Å²) in [5.41, 5.74) is 2.18. The quantitative estimate of drug-likeness (QED) is 0.943. The summed E-state index contributed by atoms with van der Waals surface area (Å²) in [6.07, 6.45) is 2.60. The molecule has 3 fully saturated rings. The van der Waals surface area contributed by atoms with Crippen LogP contribution in [0.2, 0.25) is 0 Å². The smallest absolute Gasteiger partial charge is 0.358 e. The molecule has 1 aromatic carbocycles. The third-order valence-electron chi connectivity index (χ3n) is 5.01. The van der Waals surface area contributed by atoms with Crippen molar-refractivity contribution in [1.82, 2.24) is 10.1 Å². The average molecular weight is 298 g/mol. The number of rotatable bonds is 3. The lowest BCUT2D eigenvalue weighted by Crippen LogP contribution is -2.46. The molecule has 5 rings (SSSR count). The van der Waals surface area contributed by atoms with Gasteiger partial charge in [0, 0.05) is 18.2 Å². The molecule has 1 atom stereocenters. The second-order valence-electron chi connectivity index (χ2n) is 6.25. The third-order valence-corrected chi connectivity index (χ3v) is 5.01. The Morgan fingerprint density at radius 1 is 1.23 bits per heavy atom. The van der Waals surface area contributed by atoms with Crippen molar-refractivity contribution in [2.75, 3.05) is 19.6 Å². The summed E-state index contributed by atoms with van der Waals surface area (Å²) in [6, 6.07) is 9.75. The van der Waals surface area contributed by atoms with Gasteiger partial charge in [-0.05, 0) is 43.3 Å². The van der Waals surface area contributed by atoms with E-state index in [1.165, 1.54) is 37.6 Å². The van der Waals surface area contributed by atoms with Gasteiger partial charge in [-0.15, -0.1) is 0 Å². The van der Waals surface area contributed by atoms with E-state index in [9.17, 15) is 4.79 Å². The molecule has 0 saturated carbocycles. The van der Waals surface area contributed by atoms with Crippen LogP contribution in [-0.4, -0.2) is 40.8 Å². The first-order chi connectivity index (χ1) is 10.7. The van der Waals surface area contributed by atoms with Crippen LogP contribution in [0.3, 0.4) is 0 Å². The largest absolute Gasteiger partial charge is 0.476 e. The van der Waals surface area contributed by atoms with Crippen molar-refractivity contribution >= 4 is 5.97 Å². The zero-order chi connectivity index (χ0) is 15.1. The van der Waals surface area contributed by atoms with Gasteiger partial charge in [-0.25, -0.2) is 4.79 Å². The minimum absolute atomic E-state index is 0.0588. The van der Waals surface area contributed by atoms with Crippen LogP contribution in [-0.2, 0) is 0 Å². The molecular formula is C17H18N2O3. The minimum atomic E-state index is -1.07. The number of aromatic carboxylic acids is 1. The molecule has 1 N–H and O–H groups in total.